The van der Waals surface area contributed by atoms with Crippen molar-refractivity contribution in [3.05, 3.63) is 21.9 Å². The zero-order chi connectivity index (χ0) is 15.5. The lowest BCUT2D eigenvalue weighted by atomic mass is 9.98. The molecule has 4 nitrogen and oxygen atoms in total. The van der Waals surface area contributed by atoms with E-state index in [1.165, 1.54) is 10.4 Å². The minimum absolute atomic E-state index is 0.0736. The van der Waals surface area contributed by atoms with Crippen LogP contribution in [0.3, 0.4) is 0 Å². The van der Waals surface area contributed by atoms with Gasteiger partial charge in [0.1, 0.15) is 6.04 Å². The van der Waals surface area contributed by atoms with E-state index >= 15 is 0 Å². The maximum absolute atomic E-state index is 13.2. The molecule has 2 saturated heterocycles. The highest BCUT2D eigenvalue weighted by Gasteiger charge is 2.34. The Bertz CT molecular complexity index is 502. The topological polar surface area (TPSA) is 35.6 Å². The van der Waals surface area contributed by atoms with Gasteiger partial charge in [0.15, 0.2) is 0 Å². The predicted octanol–water partition coefficient (Wildman–Crippen LogP) is 2.26. The second-order valence-corrected chi connectivity index (χ2v) is 7.61. The van der Waals surface area contributed by atoms with Gasteiger partial charge in [-0.3, -0.25) is 9.69 Å². The average Bonchev–Trinajstić information content (AvgIpc) is 2.95. The molecule has 1 aromatic heterocycles. The number of carbonyl (C=O) groups is 1. The molecule has 0 radical (unpaired) electrons. The molecule has 0 bridgehead atoms. The van der Waals surface area contributed by atoms with Gasteiger partial charge in [0.05, 0.1) is 0 Å². The highest BCUT2D eigenvalue weighted by atomic mass is 32.1. The predicted molar refractivity (Wildman–Crippen MR) is 91.2 cm³/mol. The van der Waals surface area contributed by atoms with Gasteiger partial charge in [-0.05, 0) is 42.7 Å². The van der Waals surface area contributed by atoms with E-state index < -0.39 is 0 Å². The first-order chi connectivity index (χ1) is 10.7. The van der Waals surface area contributed by atoms with E-state index in [4.69, 9.17) is 0 Å². The Kier molecular flexibility index (Phi) is 5.16. The summed E-state index contributed by atoms with van der Waals surface area (Å²) >= 11 is 1.73. The number of nitrogens with zero attached hydrogens (tertiary/aromatic N) is 2. The van der Waals surface area contributed by atoms with Crippen LogP contribution in [0.15, 0.2) is 11.4 Å². The Morgan fingerprint density at radius 3 is 2.55 bits per heavy atom. The van der Waals surface area contributed by atoms with Gasteiger partial charge in [0.2, 0.25) is 5.91 Å². The van der Waals surface area contributed by atoms with Crippen molar-refractivity contribution in [3.8, 4) is 0 Å². The first-order valence-corrected chi connectivity index (χ1v) is 9.32. The number of thiophene rings is 1. The fourth-order valence-electron chi connectivity index (χ4n) is 3.44. The van der Waals surface area contributed by atoms with Crippen molar-refractivity contribution in [2.75, 3.05) is 39.3 Å². The largest absolute Gasteiger partial charge is 0.341 e. The van der Waals surface area contributed by atoms with Gasteiger partial charge in [-0.25, -0.2) is 0 Å². The zero-order valence-corrected chi connectivity index (χ0v) is 14.5. The van der Waals surface area contributed by atoms with Crippen LogP contribution in [0.2, 0.25) is 0 Å². The SMILES string of the molecule is Cc1ccsc1C(C(=O)N1CCC(C)CC1)N1CCNCC1. The number of hydrogen-bond acceptors (Lipinski definition) is 4. The van der Waals surface area contributed by atoms with Crippen molar-refractivity contribution >= 4 is 17.2 Å². The lowest BCUT2D eigenvalue weighted by Gasteiger charge is -2.39. The van der Waals surface area contributed by atoms with Crippen LogP contribution in [0.4, 0.5) is 0 Å². The van der Waals surface area contributed by atoms with Crippen molar-refractivity contribution < 1.29 is 4.79 Å². The molecule has 1 atom stereocenters. The number of hydrogen-bond donors (Lipinski definition) is 1. The van der Waals surface area contributed by atoms with Gasteiger partial charge in [-0.1, -0.05) is 6.92 Å². The summed E-state index contributed by atoms with van der Waals surface area (Å²) < 4.78 is 0. The summed E-state index contributed by atoms with van der Waals surface area (Å²) in [7, 11) is 0. The molecule has 1 unspecified atom stereocenters. The lowest BCUT2D eigenvalue weighted by Crippen LogP contribution is -2.51. The molecule has 0 spiro atoms. The summed E-state index contributed by atoms with van der Waals surface area (Å²) in [4.78, 5) is 18.9. The Labute approximate surface area is 137 Å². The first kappa shape index (κ1) is 16.0. The monoisotopic (exact) mass is 321 g/mol. The Morgan fingerprint density at radius 2 is 1.95 bits per heavy atom. The zero-order valence-electron chi connectivity index (χ0n) is 13.7. The van der Waals surface area contributed by atoms with Crippen molar-refractivity contribution in [3.63, 3.8) is 0 Å². The Balaban J connectivity index is 1.81. The smallest absolute Gasteiger partial charge is 0.245 e. The molecule has 5 heteroatoms. The molecule has 0 saturated carbocycles. The summed E-state index contributed by atoms with van der Waals surface area (Å²) in [6.45, 7) is 10.1. The van der Waals surface area contributed by atoms with Crippen LogP contribution < -0.4 is 5.32 Å². The van der Waals surface area contributed by atoms with Crippen LogP contribution in [-0.4, -0.2) is 55.0 Å². The van der Waals surface area contributed by atoms with E-state index in [0.717, 1.165) is 58.0 Å². The van der Waals surface area contributed by atoms with Gasteiger partial charge in [0, 0.05) is 44.1 Å². The second-order valence-electron chi connectivity index (χ2n) is 6.66. The van der Waals surface area contributed by atoms with Crippen molar-refractivity contribution in [1.29, 1.82) is 0 Å². The Morgan fingerprint density at radius 1 is 1.27 bits per heavy atom. The molecule has 0 aromatic carbocycles. The molecule has 1 N–H and O–H groups in total. The van der Waals surface area contributed by atoms with Crippen LogP contribution in [0, 0.1) is 12.8 Å². The number of piperidine rings is 1. The second kappa shape index (κ2) is 7.11. The number of carbonyl (C=O) groups excluding carboxylic acids is 1. The molecule has 2 aliphatic heterocycles. The third-order valence-corrected chi connectivity index (χ3v) is 6.07. The summed E-state index contributed by atoms with van der Waals surface area (Å²) in [5.74, 6) is 1.07. The maximum atomic E-state index is 13.2. The highest BCUT2D eigenvalue weighted by Crippen LogP contribution is 2.32. The number of amides is 1. The summed E-state index contributed by atoms with van der Waals surface area (Å²) in [5.41, 5.74) is 1.26. The third-order valence-electron chi connectivity index (χ3n) is 5.00. The van der Waals surface area contributed by atoms with E-state index in [2.05, 4.69) is 40.4 Å². The van der Waals surface area contributed by atoms with Crippen molar-refractivity contribution in [2.45, 2.75) is 32.7 Å². The van der Waals surface area contributed by atoms with Gasteiger partial charge in [-0.15, -0.1) is 11.3 Å². The molecule has 122 valence electrons. The van der Waals surface area contributed by atoms with Gasteiger partial charge < -0.3 is 10.2 Å². The lowest BCUT2D eigenvalue weighted by molar-refractivity contribution is -0.138. The van der Waals surface area contributed by atoms with Crippen LogP contribution >= 0.6 is 11.3 Å². The van der Waals surface area contributed by atoms with Crippen molar-refractivity contribution in [2.24, 2.45) is 5.92 Å². The quantitative estimate of drug-likeness (QED) is 0.927. The average molecular weight is 321 g/mol. The van der Waals surface area contributed by atoms with Crippen LogP contribution in [0.5, 0.6) is 0 Å². The number of nitrogens with one attached hydrogen (secondary N) is 1. The minimum Gasteiger partial charge on any atom is -0.341 e. The molecule has 1 aromatic rings. The third kappa shape index (κ3) is 3.36. The molecular formula is C17H27N3OS. The summed E-state index contributed by atoms with van der Waals surface area (Å²) in [6.07, 6.45) is 2.28. The highest BCUT2D eigenvalue weighted by molar-refractivity contribution is 7.10. The maximum Gasteiger partial charge on any atom is 0.245 e. The van der Waals surface area contributed by atoms with Gasteiger partial charge >= 0.3 is 0 Å². The molecular weight excluding hydrogens is 294 g/mol. The van der Waals surface area contributed by atoms with Gasteiger partial charge in [0.25, 0.3) is 0 Å². The van der Waals surface area contributed by atoms with E-state index in [1.807, 2.05) is 0 Å². The molecule has 3 rings (SSSR count). The van der Waals surface area contributed by atoms with E-state index in [-0.39, 0.29) is 6.04 Å². The molecule has 2 aliphatic rings. The number of piperazine rings is 1. The Hall–Kier alpha value is -0.910. The molecule has 22 heavy (non-hydrogen) atoms. The first-order valence-electron chi connectivity index (χ1n) is 8.44. The van der Waals surface area contributed by atoms with E-state index in [9.17, 15) is 4.79 Å². The standard InChI is InChI=1S/C17H27N3OS/c1-13-3-8-20(9-4-13)17(21)15(16-14(2)5-12-22-16)19-10-6-18-7-11-19/h5,12-13,15,18H,3-4,6-11H2,1-2H3. The summed E-state index contributed by atoms with van der Waals surface area (Å²) in [5, 5.41) is 5.51. The van der Waals surface area contributed by atoms with Crippen LogP contribution in [0.1, 0.15) is 36.2 Å². The van der Waals surface area contributed by atoms with Crippen LogP contribution in [-0.2, 0) is 4.79 Å². The van der Waals surface area contributed by atoms with E-state index in [1.54, 1.807) is 11.3 Å². The minimum atomic E-state index is -0.0736. The van der Waals surface area contributed by atoms with E-state index in [0.29, 0.717) is 5.91 Å². The fraction of sp³-hybridized carbons (Fsp3) is 0.706. The number of aryl methyl sites for hydroxylation is 1. The normalized spacial score (nSPS) is 22.7. The summed E-state index contributed by atoms with van der Waals surface area (Å²) in [6, 6.07) is 2.07. The molecule has 1 amide bonds. The van der Waals surface area contributed by atoms with Gasteiger partial charge in [-0.2, -0.15) is 0 Å². The van der Waals surface area contributed by atoms with Crippen LogP contribution in [0.25, 0.3) is 0 Å². The molecule has 3 heterocycles. The molecule has 0 aliphatic carbocycles. The number of likely N-dealkylation sites (tertiary alicyclic amines) is 1. The fourth-order valence-corrected chi connectivity index (χ4v) is 4.49. The van der Waals surface area contributed by atoms with Crippen molar-refractivity contribution in [1.82, 2.24) is 15.1 Å². The number of rotatable bonds is 3. The molecule has 2 fully saturated rings.